The van der Waals surface area contributed by atoms with Gasteiger partial charge < -0.3 is 8.97 Å². The summed E-state index contributed by atoms with van der Waals surface area (Å²) in [5.41, 5.74) is 0. The van der Waals surface area contributed by atoms with Gasteiger partial charge in [-0.05, 0) is 0 Å². The average molecular weight is 224 g/mol. The van der Waals surface area contributed by atoms with E-state index in [1.807, 2.05) is 0 Å². The molecule has 0 radical (unpaired) electrons. The van der Waals surface area contributed by atoms with Crippen LogP contribution in [0.2, 0.25) is 0 Å². The van der Waals surface area contributed by atoms with Gasteiger partial charge in [-0.2, -0.15) is 0 Å². The fraction of sp³-hybridized carbons (Fsp3) is 1.00. The van der Waals surface area contributed by atoms with E-state index >= 15 is 0 Å². The van der Waals surface area contributed by atoms with E-state index in [4.69, 9.17) is 0 Å². The highest BCUT2D eigenvalue weighted by Gasteiger charge is 2.39. The molecule has 2 spiro atoms. The summed E-state index contributed by atoms with van der Waals surface area (Å²) in [4.78, 5) is 0. The molecule has 0 unspecified atom stereocenters. The predicted molar refractivity (Wildman–Crippen MR) is 67.2 cm³/mol. The van der Waals surface area contributed by atoms with Gasteiger partial charge >= 0.3 is 0 Å². The fourth-order valence-electron chi connectivity index (χ4n) is 4.45. The molecule has 3 aliphatic rings. The molecule has 0 amide bonds. The summed E-state index contributed by atoms with van der Waals surface area (Å²) in [6, 6.07) is 0. The van der Waals surface area contributed by atoms with Crippen LogP contribution < -0.4 is 0 Å². The molecular weight excluding hydrogens is 196 g/mol. The molecule has 3 fully saturated rings. The molecule has 0 aromatic rings. The third kappa shape index (κ3) is 2.02. The molecular formula is C14H28N2+2. The van der Waals surface area contributed by atoms with Gasteiger partial charge in [-0.25, -0.2) is 0 Å². The SMILES string of the molecule is C1CC[N+]2(C1)CCCC[N+]1(CCCC1)CC2. The summed E-state index contributed by atoms with van der Waals surface area (Å²) in [7, 11) is 0. The second kappa shape index (κ2) is 4.30. The smallest absolute Gasteiger partial charge is 0.128 e. The molecule has 0 aromatic carbocycles. The van der Waals surface area contributed by atoms with Crippen molar-refractivity contribution >= 4 is 0 Å². The van der Waals surface area contributed by atoms with Crippen molar-refractivity contribution in [1.29, 1.82) is 0 Å². The van der Waals surface area contributed by atoms with E-state index in [0.29, 0.717) is 0 Å². The molecule has 16 heavy (non-hydrogen) atoms. The molecule has 0 aromatic heterocycles. The van der Waals surface area contributed by atoms with E-state index in [1.54, 1.807) is 0 Å². The molecule has 3 saturated heterocycles. The fourth-order valence-corrected chi connectivity index (χ4v) is 4.45. The summed E-state index contributed by atoms with van der Waals surface area (Å²) in [6.07, 6.45) is 9.00. The highest BCUT2D eigenvalue weighted by atomic mass is 15.4. The number of hydrogen-bond donors (Lipinski definition) is 0. The predicted octanol–water partition coefficient (Wildman–Crippen LogP) is 2.00. The molecule has 0 saturated carbocycles. The van der Waals surface area contributed by atoms with Crippen molar-refractivity contribution in [2.24, 2.45) is 0 Å². The van der Waals surface area contributed by atoms with Crippen molar-refractivity contribution in [3.05, 3.63) is 0 Å². The first-order chi connectivity index (χ1) is 7.83. The molecule has 3 aliphatic heterocycles. The zero-order valence-electron chi connectivity index (χ0n) is 10.8. The minimum Gasteiger partial charge on any atom is -0.319 e. The topological polar surface area (TPSA) is 0 Å². The highest BCUT2D eigenvalue weighted by Crippen LogP contribution is 2.27. The lowest BCUT2D eigenvalue weighted by Crippen LogP contribution is -2.58. The van der Waals surface area contributed by atoms with Crippen molar-refractivity contribution in [2.75, 3.05) is 52.4 Å². The summed E-state index contributed by atoms with van der Waals surface area (Å²) in [5, 5.41) is 0. The van der Waals surface area contributed by atoms with E-state index in [0.717, 1.165) is 0 Å². The Balaban J connectivity index is 1.69. The van der Waals surface area contributed by atoms with Gasteiger partial charge in [0, 0.05) is 38.5 Å². The second-order valence-corrected chi connectivity index (χ2v) is 6.59. The van der Waals surface area contributed by atoms with Crippen LogP contribution in [-0.2, 0) is 0 Å². The Morgan fingerprint density at radius 1 is 0.312 bits per heavy atom. The van der Waals surface area contributed by atoms with Gasteiger partial charge in [0.1, 0.15) is 13.1 Å². The molecule has 2 heteroatoms. The Morgan fingerprint density at radius 2 is 0.562 bits per heavy atom. The lowest BCUT2D eigenvalue weighted by Gasteiger charge is -2.42. The van der Waals surface area contributed by atoms with Crippen molar-refractivity contribution < 1.29 is 8.97 Å². The summed E-state index contributed by atoms with van der Waals surface area (Å²) in [6.45, 7) is 12.0. The second-order valence-electron chi connectivity index (χ2n) is 6.59. The van der Waals surface area contributed by atoms with E-state index in [2.05, 4.69) is 0 Å². The van der Waals surface area contributed by atoms with Crippen molar-refractivity contribution in [2.45, 2.75) is 38.5 Å². The Bertz CT molecular complexity index is 211. The summed E-state index contributed by atoms with van der Waals surface area (Å²) < 4.78 is 3.00. The maximum absolute atomic E-state index is 1.50. The first-order valence-corrected chi connectivity index (χ1v) is 7.53. The normalized spacial score (nSPS) is 33.0. The molecule has 3 heterocycles. The molecule has 0 aliphatic carbocycles. The van der Waals surface area contributed by atoms with Crippen molar-refractivity contribution in [1.82, 2.24) is 0 Å². The number of quaternary nitrogens is 2. The van der Waals surface area contributed by atoms with Crippen LogP contribution in [0.1, 0.15) is 38.5 Å². The van der Waals surface area contributed by atoms with Crippen LogP contribution in [0.25, 0.3) is 0 Å². The Labute approximate surface area is 100 Å². The van der Waals surface area contributed by atoms with Crippen LogP contribution in [-0.4, -0.2) is 61.3 Å². The van der Waals surface area contributed by atoms with Crippen LogP contribution >= 0.6 is 0 Å². The van der Waals surface area contributed by atoms with Gasteiger partial charge in [-0.1, -0.05) is 0 Å². The first kappa shape index (κ1) is 11.0. The largest absolute Gasteiger partial charge is 0.319 e. The van der Waals surface area contributed by atoms with Gasteiger partial charge in [0.15, 0.2) is 0 Å². The Kier molecular flexibility index (Phi) is 2.97. The lowest BCUT2D eigenvalue weighted by molar-refractivity contribution is -0.976. The van der Waals surface area contributed by atoms with Gasteiger partial charge in [-0.15, -0.1) is 0 Å². The van der Waals surface area contributed by atoms with Crippen LogP contribution in [0.3, 0.4) is 0 Å². The van der Waals surface area contributed by atoms with E-state index in [1.165, 1.54) is 99.8 Å². The molecule has 0 atom stereocenters. The quantitative estimate of drug-likeness (QED) is 0.552. The van der Waals surface area contributed by atoms with Crippen LogP contribution in [0.15, 0.2) is 0 Å². The zero-order chi connectivity index (χ0) is 10.9. The van der Waals surface area contributed by atoms with E-state index in [-0.39, 0.29) is 0 Å². The monoisotopic (exact) mass is 224 g/mol. The zero-order valence-corrected chi connectivity index (χ0v) is 10.8. The Hall–Kier alpha value is -0.0800. The summed E-state index contributed by atoms with van der Waals surface area (Å²) in [5.74, 6) is 0. The number of rotatable bonds is 0. The number of nitrogens with zero attached hydrogens (tertiary/aromatic N) is 2. The standard InChI is InChI=1S/C14H28N2/c1-2-8-15(7-1)11-5-6-12-16(14-13-15)9-3-4-10-16/h1-14H2/q+2. The first-order valence-electron chi connectivity index (χ1n) is 7.53. The van der Waals surface area contributed by atoms with Gasteiger partial charge in [-0.3, -0.25) is 0 Å². The lowest BCUT2D eigenvalue weighted by atomic mass is 10.1. The van der Waals surface area contributed by atoms with Crippen molar-refractivity contribution in [3.63, 3.8) is 0 Å². The number of hydrogen-bond acceptors (Lipinski definition) is 0. The summed E-state index contributed by atoms with van der Waals surface area (Å²) >= 11 is 0. The van der Waals surface area contributed by atoms with Crippen LogP contribution in [0, 0.1) is 0 Å². The maximum Gasteiger partial charge on any atom is 0.128 e. The van der Waals surface area contributed by atoms with Gasteiger partial charge in [0.2, 0.25) is 0 Å². The molecule has 3 rings (SSSR count). The molecule has 0 N–H and O–H groups in total. The average Bonchev–Trinajstić information content (AvgIpc) is 2.92. The maximum atomic E-state index is 1.50. The molecule has 0 bridgehead atoms. The van der Waals surface area contributed by atoms with Gasteiger partial charge in [0.05, 0.1) is 39.3 Å². The third-order valence-corrected chi connectivity index (χ3v) is 5.59. The highest BCUT2D eigenvalue weighted by molar-refractivity contribution is 4.62. The molecule has 2 nitrogen and oxygen atoms in total. The minimum absolute atomic E-state index is 1.50. The Morgan fingerprint density at radius 3 is 0.812 bits per heavy atom. The van der Waals surface area contributed by atoms with Crippen molar-refractivity contribution in [3.8, 4) is 0 Å². The third-order valence-electron chi connectivity index (χ3n) is 5.59. The van der Waals surface area contributed by atoms with Crippen LogP contribution in [0.4, 0.5) is 0 Å². The minimum atomic E-state index is 1.50. The van der Waals surface area contributed by atoms with Crippen LogP contribution in [0.5, 0.6) is 0 Å². The molecule has 92 valence electrons. The van der Waals surface area contributed by atoms with E-state index < -0.39 is 0 Å². The van der Waals surface area contributed by atoms with E-state index in [9.17, 15) is 0 Å². The van der Waals surface area contributed by atoms with Gasteiger partial charge in [0.25, 0.3) is 0 Å².